The molecule has 0 atom stereocenters. The number of imide groups is 1. The Bertz CT molecular complexity index is 841. The van der Waals surface area contributed by atoms with Gasteiger partial charge in [-0.3, -0.25) is 19.3 Å². The number of hydrogen-bond acceptors (Lipinski definition) is 4. The summed E-state index contributed by atoms with van der Waals surface area (Å²) < 4.78 is 0. The normalized spacial score (nSPS) is 13.0. The van der Waals surface area contributed by atoms with Crippen LogP contribution in [-0.4, -0.2) is 35.7 Å². The maximum absolute atomic E-state index is 12.3. The van der Waals surface area contributed by atoms with Gasteiger partial charge in [-0.05, 0) is 49.6 Å². The fourth-order valence-electron chi connectivity index (χ4n) is 3.02. The van der Waals surface area contributed by atoms with E-state index in [0.29, 0.717) is 48.3 Å². The molecule has 0 saturated carbocycles. The van der Waals surface area contributed by atoms with Gasteiger partial charge in [-0.25, -0.2) is 0 Å². The Kier molecular flexibility index (Phi) is 5.02. The number of aryl methyl sites for hydroxylation is 1. The van der Waals surface area contributed by atoms with E-state index in [2.05, 4.69) is 5.32 Å². The summed E-state index contributed by atoms with van der Waals surface area (Å²) in [7, 11) is 0. The molecule has 0 radical (unpaired) electrons. The van der Waals surface area contributed by atoms with Crippen LogP contribution in [0.1, 0.15) is 49.5 Å². The summed E-state index contributed by atoms with van der Waals surface area (Å²) in [5, 5.41) is 2.85. The largest absolute Gasteiger partial charge is 0.399 e. The van der Waals surface area contributed by atoms with Crippen LogP contribution in [0.3, 0.4) is 0 Å². The lowest BCUT2D eigenvalue weighted by Crippen LogP contribution is -2.31. The standard InChI is InChI=1S/C20H21N3O3/c1-13-8-9-14(21)12-17(13)18(24)22-10-4-5-11-23-19(25)15-6-2-3-7-16(15)20(23)26/h2-3,6-9,12H,4-5,10-11,21H2,1H3,(H,22,24). The number of anilines is 1. The molecule has 6 nitrogen and oxygen atoms in total. The lowest BCUT2D eigenvalue weighted by atomic mass is 10.1. The van der Waals surface area contributed by atoms with Crippen LogP contribution < -0.4 is 11.1 Å². The molecule has 0 aliphatic carbocycles. The zero-order chi connectivity index (χ0) is 18.7. The van der Waals surface area contributed by atoms with Crippen LogP contribution in [0.25, 0.3) is 0 Å². The third-order valence-electron chi connectivity index (χ3n) is 4.48. The van der Waals surface area contributed by atoms with E-state index in [0.717, 1.165) is 5.56 Å². The van der Waals surface area contributed by atoms with Crippen LogP contribution >= 0.6 is 0 Å². The molecule has 2 aromatic rings. The second-order valence-corrected chi connectivity index (χ2v) is 6.34. The fraction of sp³-hybridized carbons (Fsp3) is 0.250. The minimum Gasteiger partial charge on any atom is -0.399 e. The molecule has 0 spiro atoms. The van der Waals surface area contributed by atoms with Crippen molar-refractivity contribution in [1.29, 1.82) is 0 Å². The number of fused-ring (bicyclic) bond motifs is 1. The van der Waals surface area contributed by atoms with E-state index >= 15 is 0 Å². The highest BCUT2D eigenvalue weighted by Crippen LogP contribution is 2.22. The van der Waals surface area contributed by atoms with E-state index in [1.165, 1.54) is 4.90 Å². The number of benzene rings is 2. The van der Waals surface area contributed by atoms with E-state index < -0.39 is 0 Å². The van der Waals surface area contributed by atoms with Crippen LogP contribution in [0.4, 0.5) is 5.69 Å². The van der Waals surface area contributed by atoms with E-state index in [-0.39, 0.29) is 17.7 Å². The van der Waals surface area contributed by atoms with Crippen molar-refractivity contribution in [2.45, 2.75) is 19.8 Å². The fourth-order valence-corrected chi connectivity index (χ4v) is 3.02. The van der Waals surface area contributed by atoms with Gasteiger partial charge in [0.15, 0.2) is 0 Å². The Morgan fingerprint density at radius 1 is 1.04 bits per heavy atom. The van der Waals surface area contributed by atoms with Crippen molar-refractivity contribution in [3.63, 3.8) is 0 Å². The number of hydrogen-bond donors (Lipinski definition) is 2. The van der Waals surface area contributed by atoms with Crippen molar-refractivity contribution in [2.75, 3.05) is 18.8 Å². The summed E-state index contributed by atoms with van der Waals surface area (Å²) in [5.74, 6) is -0.662. The van der Waals surface area contributed by atoms with Gasteiger partial charge in [0.05, 0.1) is 11.1 Å². The molecule has 1 aliphatic heterocycles. The molecule has 0 fully saturated rings. The molecule has 0 saturated heterocycles. The second kappa shape index (κ2) is 7.39. The predicted molar refractivity (Wildman–Crippen MR) is 99.0 cm³/mol. The first kappa shape index (κ1) is 17.7. The summed E-state index contributed by atoms with van der Waals surface area (Å²) in [5.41, 5.74) is 8.62. The summed E-state index contributed by atoms with van der Waals surface area (Å²) in [4.78, 5) is 38.0. The van der Waals surface area contributed by atoms with Gasteiger partial charge >= 0.3 is 0 Å². The number of amides is 3. The van der Waals surface area contributed by atoms with Gasteiger partial charge in [-0.15, -0.1) is 0 Å². The third-order valence-corrected chi connectivity index (χ3v) is 4.48. The lowest BCUT2D eigenvalue weighted by molar-refractivity contribution is 0.0650. The van der Waals surface area contributed by atoms with Gasteiger partial charge < -0.3 is 11.1 Å². The monoisotopic (exact) mass is 351 g/mol. The molecule has 2 aromatic carbocycles. The molecule has 6 heteroatoms. The van der Waals surface area contributed by atoms with Crippen molar-refractivity contribution in [3.05, 3.63) is 64.7 Å². The maximum atomic E-state index is 12.3. The van der Waals surface area contributed by atoms with Gasteiger partial charge in [0.2, 0.25) is 0 Å². The van der Waals surface area contributed by atoms with Gasteiger partial charge in [0.1, 0.15) is 0 Å². The summed E-state index contributed by atoms with van der Waals surface area (Å²) >= 11 is 0. The molecule has 0 unspecified atom stereocenters. The van der Waals surface area contributed by atoms with Crippen molar-refractivity contribution < 1.29 is 14.4 Å². The molecule has 1 aliphatic rings. The van der Waals surface area contributed by atoms with E-state index in [4.69, 9.17) is 5.73 Å². The van der Waals surface area contributed by atoms with E-state index in [1.54, 1.807) is 36.4 Å². The van der Waals surface area contributed by atoms with Gasteiger partial charge in [-0.1, -0.05) is 18.2 Å². The molecule has 3 N–H and O–H groups in total. The van der Waals surface area contributed by atoms with Crippen molar-refractivity contribution in [2.24, 2.45) is 0 Å². The third kappa shape index (κ3) is 3.44. The van der Waals surface area contributed by atoms with Crippen molar-refractivity contribution in [3.8, 4) is 0 Å². The number of nitrogens with zero attached hydrogens (tertiary/aromatic N) is 1. The Balaban J connectivity index is 1.47. The first-order valence-corrected chi connectivity index (χ1v) is 8.58. The molecular formula is C20H21N3O3. The number of nitrogens with one attached hydrogen (secondary N) is 1. The molecule has 0 bridgehead atoms. The Hall–Kier alpha value is -3.15. The molecular weight excluding hydrogens is 330 g/mol. The van der Waals surface area contributed by atoms with Crippen LogP contribution in [0, 0.1) is 6.92 Å². The number of carbonyl (C=O) groups excluding carboxylic acids is 3. The molecule has 0 aromatic heterocycles. The highest BCUT2D eigenvalue weighted by molar-refractivity contribution is 6.21. The minimum atomic E-state index is -0.245. The van der Waals surface area contributed by atoms with Crippen LogP contribution in [-0.2, 0) is 0 Å². The van der Waals surface area contributed by atoms with Crippen molar-refractivity contribution in [1.82, 2.24) is 10.2 Å². The number of nitrogens with two attached hydrogens (primary N) is 1. The topological polar surface area (TPSA) is 92.5 Å². The van der Waals surface area contributed by atoms with Crippen LogP contribution in [0.2, 0.25) is 0 Å². The highest BCUT2D eigenvalue weighted by Gasteiger charge is 2.34. The number of carbonyl (C=O) groups is 3. The van der Waals surface area contributed by atoms with Gasteiger partial charge in [-0.2, -0.15) is 0 Å². The lowest BCUT2D eigenvalue weighted by Gasteiger charge is -2.14. The quantitative estimate of drug-likeness (QED) is 0.475. The Labute approximate surface area is 152 Å². The van der Waals surface area contributed by atoms with Gasteiger partial charge in [0, 0.05) is 24.3 Å². The van der Waals surface area contributed by atoms with E-state index in [9.17, 15) is 14.4 Å². The molecule has 26 heavy (non-hydrogen) atoms. The van der Waals surface area contributed by atoms with Gasteiger partial charge in [0.25, 0.3) is 17.7 Å². The summed E-state index contributed by atoms with van der Waals surface area (Å²) in [6.07, 6.45) is 1.29. The Morgan fingerprint density at radius 3 is 2.35 bits per heavy atom. The summed E-state index contributed by atoms with van der Waals surface area (Å²) in [6, 6.07) is 12.1. The first-order valence-electron chi connectivity index (χ1n) is 8.58. The zero-order valence-corrected chi connectivity index (χ0v) is 14.6. The average molecular weight is 351 g/mol. The molecule has 1 heterocycles. The van der Waals surface area contributed by atoms with Crippen molar-refractivity contribution >= 4 is 23.4 Å². The molecule has 134 valence electrons. The zero-order valence-electron chi connectivity index (χ0n) is 14.6. The van der Waals surface area contributed by atoms with Crippen LogP contribution in [0.5, 0.6) is 0 Å². The molecule has 3 rings (SSSR count). The minimum absolute atomic E-state index is 0.171. The second-order valence-electron chi connectivity index (χ2n) is 6.34. The maximum Gasteiger partial charge on any atom is 0.261 e. The Morgan fingerprint density at radius 2 is 1.69 bits per heavy atom. The number of rotatable bonds is 6. The summed E-state index contributed by atoms with van der Waals surface area (Å²) in [6.45, 7) is 2.67. The predicted octanol–water partition coefficient (Wildman–Crippen LogP) is 2.38. The van der Waals surface area contributed by atoms with Crippen LogP contribution in [0.15, 0.2) is 42.5 Å². The molecule has 3 amide bonds. The number of unbranched alkanes of at least 4 members (excludes halogenated alkanes) is 1. The van der Waals surface area contributed by atoms with E-state index in [1.807, 2.05) is 13.0 Å². The average Bonchev–Trinajstić information content (AvgIpc) is 2.88. The SMILES string of the molecule is Cc1ccc(N)cc1C(=O)NCCCCN1C(=O)c2ccccc2C1=O. The smallest absolute Gasteiger partial charge is 0.261 e. The first-order chi connectivity index (χ1) is 12.5. The number of nitrogen functional groups attached to an aromatic ring is 1. The highest BCUT2D eigenvalue weighted by atomic mass is 16.2.